The standard InChI is InChI=1S/C12H20N4S/c1-3-4-5-6-9(2)16-12-10(11(13)17)14-7-8-15-12/h7-9H,3-6H2,1-2H3,(H2,13,17)(H,15,16). The molecule has 0 saturated carbocycles. The van der Waals surface area contributed by atoms with E-state index in [0.717, 1.165) is 6.42 Å². The minimum atomic E-state index is 0.279. The first kappa shape index (κ1) is 13.8. The van der Waals surface area contributed by atoms with Crippen LogP contribution in [0.3, 0.4) is 0 Å². The topological polar surface area (TPSA) is 63.8 Å². The Morgan fingerprint density at radius 3 is 2.76 bits per heavy atom. The van der Waals surface area contributed by atoms with Crippen LogP contribution in [-0.2, 0) is 0 Å². The summed E-state index contributed by atoms with van der Waals surface area (Å²) in [5, 5.41) is 3.31. The second kappa shape index (κ2) is 7.17. The molecule has 0 bridgehead atoms. The Hall–Kier alpha value is -1.23. The summed E-state index contributed by atoms with van der Waals surface area (Å²) in [5.74, 6) is 0.684. The van der Waals surface area contributed by atoms with Crippen LogP contribution in [0.4, 0.5) is 5.82 Å². The molecule has 0 aromatic carbocycles. The van der Waals surface area contributed by atoms with Crippen LogP contribution in [0.2, 0.25) is 0 Å². The van der Waals surface area contributed by atoms with E-state index in [1.54, 1.807) is 12.4 Å². The maximum atomic E-state index is 5.60. The van der Waals surface area contributed by atoms with Crippen molar-refractivity contribution in [2.75, 3.05) is 5.32 Å². The number of hydrogen-bond donors (Lipinski definition) is 2. The van der Waals surface area contributed by atoms with Gasteiger partial charge in [0, 0.05) is 18.4 Å². The van der Waals surface area contributed by atoms with Gasteiger partial charge in [0.25, 0.3) is 0 Å². The molecule has 17 heavy (non-hydrogen) atoms. The summed E-state index contributed by atoms with van der Waals surface area (Å²) in [5.41, 5.74) is 6.17. The Labute approximate surface area is 108 Å². The van der Waals surface area contributed by atoms with Crippen molar-refractivity contribution in [3.8, 4) is 0 Å². The molecule has 4 nitrogen and oxygen atoms in total. The fourth-order valence-corrected chi connectivity index (χ4v) is 1.78. The first-order chi connectivity index (χ1) is 8.15. The molecule has 3 N–H and O–H groups in total. The van der Waals surface area contributed by atoms with Gasteiger partial charge in [-0.2, -0.15) is 0 Å². The molecule has 5 heteroatoms. The van der Waals surface area contributed by atoms with Crippen LogP contribution in [0.1, 0.15) is 45.2 Å². The average molecular weight is 252 g/mol. The molecular weight excluding hydrogens is 232 g/mol. The van der Waals surface area contributed by atoms with Gasteiger partial charge in [-0.3, -0.25) is 0 Å². The van der Waals surface area contributed by atoms with E-state index in [9.17, 15) is 0 Å². The van der Waals surface area contributed by atoms with E-state index in [1.165, 1.54) is 19.3 Å². The summed E-state index contributed by atoms with van der Waals surface area (Å²) in [7, 11) is 0. The first-order valence-corrected chi connectivity index (χ1v) is 6.43. The predicted octanol–water partition coefficient (Wildman–Crippen LogP) is 2.49. The van der Waals surface area contributed by atoms with E-state index in [4.69, 9.17) is 18.0 Å². The van der Waals surface area contributed by atoms with Crippen molar-refractivity contribution in [3.05, 3.63) is 18.1 Å². The molecule has 0 saturated heterocycles. The highest BCUT2D eigenvalue weighted by Crippen LogP contribution is 2.12. The van der Waals surface area contributed by atoms with E-state index in [1.807, 2.05) is 0 Å². The molecule has 94 valence electrons. The van der Waals surface area contributed by atoms with Crippen LogP contribution >= 0.6 is 12.2 Å². The molecule has 1 rings (SSSR count). The van der Waals surface area contributed by atoms with Crippen LogP contribution in [0, 0.1) is 0 Å². The van der Waals surface area contributed by atoms with Crippen LogP contribution in [0.25, 0.3) is 0 Å². The fraction of sp³-hybridized carbons (Fsp3) is 0.583. The highest BCUT2D eigenvalue weighted by molar-refractivity contribution is 7.80. The zero-order valence-electron chi connectivity index (χ0n) is 10.4. The molecule has 1 unspecified atom stereocenters. The Kier molecular flexibility index (Phi) is 5.83. The minimum absolute atomic E-state index is 0.279. The summed E-state index contributed by atoms with van der Waals surface area (Å²) >= 11 is 4.94. The van der Waals surface area contributed by atoms with Crippen LogP contribution in [0.15, 0.2) is 12.4 Å². The lowest BCUT2D eigenvalue weighted by molar-refractivity contribution is 0.613. The van der Waals surface area contributed by atoms with E-state index in [0.29, 0.717) is 17.6 Å². The summed E-state index contributed by atoms with van der Waals surface area (Å²) in [6.45, 7) is 4.33. The Balaban J connectivity index is 2.58. The van der Waals surface area contributed by atoms with Gasteiger partial charge in [-0.05, 0) is 13.3 Å². The lowest BCUT2D eigenvalue weighted by Gasteiger charge is -2.15. The van der Waals surface area contributed by atoms with Crippen molar-refractivity contribution in [2.24, 2.45) is 5.73 Å². The number of rotatable bonds is 7. The van der Waals surface area contributed by atoms with Gasteiger partial charge in [0.2, 0.25) is 0 Å². The second-order valence-corrected chi connectivity index (χ2v) is 4.60. The molecule has 0 radical (unpaired) electrons. The normalized spacial score (nSPS) is 12.1. The number of nitrogens with zero attached hydrogens (tertiary/aromatic N) is 2. The number of nitrogens with one attached hydrogen (secondary N) is 1. The van der Waals surface area contributed by atoms with E-state index in [-0.39, 0.29) is 4.99 Å². The summed E-state index contributed by atoms with van der Waals surface area (Å²) in [6, 6.07) is 0.353. The molecule has 0 aliphatic rings. The van der Waals surface area contributed by atoms with Crippen LogP contribution < -0.4 is 11.1 Å². The molecule has 1 atom stereocenters. The largest absolute Gasteiger partial charge is 0.388 e. The molecule has 1 aromatic heterocycles. The SMILES string of the molecule is CCCCCC(C)Nc1nccnc1C(N)=S. The maximum Gasteiger partial charge on any atom is 0.155 e. The summed E-state index contributed by atoms with van der Waals surface area (Å²) in [4.78, 5) is 8.64. The molecule has 0 fully saturated rings. The first-order valence-electron chi connectivity index (χ1n) is 6.02. The lowest BCUT2D eigenvalue weighted by Crippen LogP contribution is -2.21. The number of unbranched alkanes of at least 4 members (excludes halogenated alkanes) is 2. The molecule has 0 aliphatic heterocycles. The van der Waals surface area contributed by atoms with Crippen molar-refractivity contribution >= 4 is 23.0 Å². The maximum absolute atomic E-state index is 5.60. The van der Waals surface area contributed by atoms with Gasteiger partial charge in [0.05, 0.1) is 0 Å². The van der Waals surface area contributed by atoms with E-state index in [2.05, 4.69) is 29.1 Å². The minimum Gasteiger partial charge on any atom is -0.388 e. The van der Waals surface area contributed by atoms with Gasteiger partial charge in [0.15, 0.2) is 5.82 Å². The Morgan fingerprint density at radius 2 is 2.12 bits per heavy atom. The van der Waals surface area contributed by atoms with Crippen molar-refractivity contribution < 1.29 is 0 Å². The monoisotopic (exact) mass is 252 g/mol. The lowest BCUT2D eigenvalue weighted by atomic mass is 10.1. The summed E-state index contributed by atoms with van der Waals surface area (Å²) in [6.07, 6.45) is 8.06. The second-order valence-electron chi connectivity index (χ2n) is 4.16. The van der Waals surface area contributed by atoms with Crippen molar-refractivity contribution in [1.29, 1.82) is 0 Å². The quantitative estimate of drug-likeness (QED) is 0.576. The van der Waals surface area contributed by atoms with Crippen molar-refractivity contribution in [2.45, 2.75) is 45.6 Å². The third-order valence-corrected chi connectivity index (χ3v) is 2.75. The number of anilines is 1. The number of hydrogen-bond acceptors (Lipinski definition) is 4. The predicted molar refractivity (Wildman–Crippen MR) is 75.1 cm³/mol. The zero-order valence-corrected chi connectivity index (χ0v) is 11.3. The van der Waals surface area contributed by atoms with Crippen molar-refractivity contribution in [1.82, 2.24) is 9.97 Å². The van der Waals surface area contributed by atoms with Gasteiger partial charge in [-0.25, -0.2) is 9.97 Å². The number of thiocarbonyl (C=S) groups is 1. The molecular formula is C12H20N4S. The zero-order chi connectivity index (χ0) is 12.7. The average Bonchev–Trinajstić information content (AvgIpc) is 2.29. The van der Waals surface area contributed by atoms with E-state index < -0.39 is 0 Å². The molecule has 0 aliphatic carbocycles. The Bertz CT molecular complexity index is 367. The third kappa shape index (κ3) is 4.65. The molecule has 0 spiro atoms. The molecule has 0 amide bonds. The number of nitrogens with two attached hydrogens (primary N) is 1. The van der Waals surface area contributed by atoms with Crippen molar-refractivity contribution in [3.63, 3.8) is 0 Å². The van der Waals surface area contributed by atoms with E-state index >= 15 is 0 Å². The smallest absolute Gasteiger partial charge is 0.155 e. The van der Waals surface area contributed by atoms with Gasteiger partial charge >= 0.3 is 0 Å². The van der Waals surface area contributed by atoms with Crippen LogP contribution in [-0.4, -0.2) is 21.0 Å². The van der Waals surface area contributed by atoms with Gasteiger partial charge < -0.3 is 11.1 Å². The third-order valence-electron chi connectivity index (χ3n) is 2.56. The molecule has 1 aromatic rings. The number of aromatic nitrogens is 2. The van der Waals surface area contributed by atoms with Crippen LogP contribution in [0.5, 0.6) is 0 Å². The highest BCUT2D eigenvalue weighted by Gasteiger charge is 2.10. The molecule has 1 heterocycles. The van der Waals surface area contributed by atoms with Gasteiger partial charge in [-0.1, -0.05) is 38.4 Å². The fourth-order valence-electron chi connectivity index (χ4n) is 1.63. The summed E-state index contributed by atoms with van der Waals surface area (Å²) < 4.78 is 0. The van der Waals surface area contributed by atoms with Gasteiger partial charge in [0.1, 0.15) is 10.7 Å². The van der Waals surface area contributed by atoms with Gasteiger partial charge in [-0.15, -0.1) is 0 Å². The Morgan fingerprint density at radius 1 is 1.41 bits per heavy atom. The highest BCUT2D eigenvalue weighted by atomic mass is 32.1.